The molecule has 1 atom stereocenters. The van der Waals surface area contributed by atoms with Gasteiger partial charge in [0.15, 0.2) is 0 Å². The molecule has 7 heteroatoms. The van der Waals surface area contributed by atoms with Crippen LogP contribution in [0.3, 0.4) is 0 Å². The molecule has 0 bridgehead atoms. The van der Waals surface area contributed by atoms with Gasteiger partial charge in [0, 0.05) is 27.2 Å². The maximum absolute atomic E-state index is 13.2. The lowest BCUT2D eigenvalue weighted by molar-refractivity contribution is 0.171. The Labute approximate surface area is 174 Å². The minimum atomic E-state index is -0.339. The van der Waals surface area contributed by atoms with E-state index in [9.17, 15) is 9.59 Å². The van der Waals surface area contributed by atoms with Gasteiger partial charge >= 0.3 is 5.69 Å². The Balaban J connectivity index is 2.02. The first kappa shape index (κ1) is 20.0. The molecule has 1 aliphatic rings. The number of rotatable bonds is 5. The lowest BCUT2D eigenvalue weighted by Crippen LogP contribution is -2.38. The molecular formula is C23H26N4O3. The Morgan fingerprint density at radius 2 is 1.97 bits per heavy atom. The third kappa shape index (κ3) is 3.11. The second-order valence-electron chi connectivity index (χ2n) is 7.51. The first-order chi connectivity index (χ1) is 14.5. The van der Waals surface area contributed by atoms with Crippen molar-refractivity contribution in [3.63, 3.8) is 0 Å². The molecule has 0 saturated carbocycles. The molecule has 3 heterocycles. The fourth-order valence-electron chi connectivity index (χ4n) is 4.24. The molecule has 0 saturated heterocycles. The van der Waals surface area contributed by atoms with Gasteiger partial charge in [-0.15, -0.1) is 0 Å². The lowest BCUT2D eigenvalue weighted by atomic mass is 10.1. The van der Waals surface area contributed by atoms with Crippen molar-refractivity contribution < 1.29 is 4.74 Å². The zero-order valence-corrected chi connectivity index (χ0v) is 17.5. The lowest BCUT2D eigenvalue weighted by Gasteiger charge is -2.28. The number of hydrogen-bond acceptors (Lipinski definition) is 4. The minimum Gasteiger partial charge on any atom is -0.496 e. The molecule has 156 valence electrons. The van der Waals surface area contributed by atoms with Gasteiger partial charge < -0.3 is 14.6 Å². The number of fused-ring (bicyclic) bond motifs is 3. The zero-order chi connectivity index (χ0) is 21.4. The van der Waals surface area contributed by atoms with Crippen molar-refractivity contribution in [3.8, 4) is 11.3 Å². The Morgan fingerprint density at radius 1 is 1.23 bits per heavy atom. The molecule has 1 unspecified atom stereocenters. The van der Waals surface area contributed by atoms with Crippen LogP contribution >= 0.6 is 0 Å². The Kier molecular flexibility index (Phi) is 5.22. The number of ether oxygens (including phenoxy) is 1. The first-order valence-electron chi connectivity index (χ1n) is 9.98. The molecule has 30 heavy (non-hydrogen) atoms. The quantitative estimate of drug-likeness (QED) is 0.522. The van der Waals surface area contributed by atoms with Gasteiger partial charge in [-0.3, -0.25) is 13.9 Å². The molecule has 4 rings (SSSR count). The van der Waals surface area contributed by atoms with Crippen LogP contribution in [0.2, 0.25) is 0 Å². The topological polar surface area (TPSA) is 70.2 Å². The van der Waals surface area contributed by atoms with Crippen LogP contribution in [0.4, 0.5) is 0 Å². The summed E-state index contributed by atoms with van der Waals surface area (Å²) in [4.78, 5) is 26.0. The van der Waals surface area contributed by atoms with E-state index in [0.717, 1.165) is 29.3 Å². The maximum Gasteiger partial charge on any atom is 0.331 e. The monoisotopic (exact) mass is 406 g/mol. The number of nitrogens with one attached hydrogen (secondary N) is 1. The molecule has 1 aromatic carbocycles. The summed E-state index contributed by atoms with van der Waals surface area (Å²) in [5, 5.41) is 4.05. The van der Waals surface area contributed by atoms with Crippen LogP contribution in [0, 0.1) is 0 Å². The van der Waals surface area contributed by atoms with Gasteiger partial charge in [-0.2, -0.15) is 0 Å². The van der Waals surface area contributed by atoms with Crippen molar-refractivity contribution in [1.29, 1.82) is 0 Å². The fraction of sp³-hybridized carbons (Fsp3) is 0.304. The molecular weight excluding hydrogens is 380 g/mol. The number of hydrogen-bond donors (Lipinski definition) is 1. The molecule has 0 radical (unpaired) electrons. The van der Waals surface area contributed by atoms with E-state index in [1.165, 1.54) is 11.6 Å². The van der Waals surface area contributed by atoms with Crippen LogP contribution < -0.4 is 16.6 Å². The molecule has 7 nitrogen and oxygen atoms in total. The van der Waals surface area contributed by atoms with Gasteiger partial charge in [0.1, 0.15) is 6.61 Å². The van der Waals surface area contributed by atoms with Gasteiger partial charge in [-0.05, 0) is 18.6 Å². The molecule has 1 N–H and O–H groups in total. The van der Waals surface area contributed by atoms with Crippen molar-refractivity contribution >= 4 is 10.9 Å². The summed E-state index contributed by atoms with van der Waals surface area (Å²) in [6.45, 7) is 7.39. The highest BCUT2D eigenvalue weighted by Gasteiger charge is 2.31. The van der Waals surface area contributed by atoms with Crippen LogP contribution in [0.25, 0.3) is 22.2 Å². The van der Waals surface area contributed by atoms with Crippen molar-refractivity contribution in [2.24, 2.45) is 14.1 Å². The molecule has 0 spiro atoms. The van der Waals surface area contributed by atoms with E-state index in [2.05, 4.69) is 16.5 Å². The largest absolute Gasteiger partial charge is 0.496 e. The summed E-state index contributed by atoms with van der Waals surface area (Å²) >= 11 is 0. The SMILES string of the molecule is C=C/C=C(/C)OCC1NCCn2c(-c3ccccc3)c3c(=O)n(C)c(=O)n(C)c3c21. The first-order valence-corrected chi connectivity index (χ1v) is 9.98. The molecule has 0 fully saturated rings. The van der Waals surface area contributed by atoms with Crippen LogP contribution in [0.1, 0.15) is 18.7 Å². The fourth-order valence-corrected chi connectivity index (χ4v) is 4.24. The van der Waals surface area contributed by atoms with Gasteiger partial charge in [0.2, 0.25) is 0 Å². The maximum atomic E-state index is 13.2. The third-order valence-electron chi connectivity index (χ3n) is 5.64. The van der Waals surface area contributed by atoms with E-state index in [1.54, 1.807) is 23.8 Å². The normalized spacial score (nSPS) is 16.5. The third-order valence-corrected chi connectivity index (χ3v) is 5.64. The van der Waals surface area contributed by atoms with Crippen LogP contribution in [-0.4, -0.2) is 26.9 Å². The minimum absolute atomic E-state index is 0.162. The van der Waals surface area contributed by atoms with Crippen molar-refractivity contribution in [1.82, 2.24) is 19.0 Å². The summed E-state index contributed by atoms with van der Waals surface area (Å²) in [6, 6.07) is 9.70. The van der Waals surface area contributed by atoms with Crippen molar-refractivity contribution in [3.05, 3.63) is 81.4 Å². The second kappa shape index (κ2) is 7.84. The Bertz CT molecular complexity index is 1260. The molecule has 0 amide bonds. The van der Waals surface area contributed by atoms with Crippen LogP contribution in [0.5, 0.6) is 0 Å². The van der Waals surface area contributed by atoms with E-state index in [1.807, 2.05) is 37.3 Å². The number of nitrogens with zero attached hydrogens (tertiary/aromatic N) is 3. The molecule has 0 aliphatic carbocycles. The number of allylic oxidation sites excluding steroid dienone is 3. The van der Waals surface area contributed by atoms with Gasteiger partial charge in [0.05, 0.1) is 34.1 Å². The summed E-state index contributed by atoms with van der Waals surface area (Å²) in [5.74, 6) is 0.757. The van der Waals surface area contributed by atoms with E-state index in [0.29, 0.717) is 24.1 Å². The van der Waals surface area contributed by atoms with Gasteiger partial charge in [-0.25, -0.2) is 4.79 Å². The average Bonchev–Trinajstić information content (AvgIpc) is 3.11. The summed E-state index contributed by atoms with van der Waals surface area (Å²) in [6.07, 6.45) is 3.49. The van der Waals surface area contributed by atoms with Gasteiger partial charge in [0.25, 0.3) is 5.56 Å². The van der Waals surface area contributed by atoms with E-state index < -0.39 is 0 Å². The Hall–Kier alpha value is -3.32. The van der Waals surface area contributed by atoms with Crippen LogP contribution in [0.15, 0.2) is 64.4 Å². The number of aryl methyl sites for hydroxylation is 1. The predicted octanol–water partition coefficient (Wildman–Crippen LogP) is 2.46. The average molecular weight is 406 g/mol. The molecule has 2 aromatic heterocycles. The standard InChI is InChI=1S/C23H26N4O3/c1-5-9-15(2)30-14-17-20-21-18(22(28)26(4)23(29)25(21)3)19(27(20)13-12-24-17)16-10-7-6-8-11-16/h5-11,17,24H,1,12-14H2,2-4H3/b15-9-. The summed E-state index contributed by atoms with van der Waals surface area (Å²) < 4.78 is 10.8. The molecule has 1 aliphatic heterocycles. The highest BCUT2D eigenvalue weighted by molar-refractivity contribution is 5.96. The second-order valence-corrected chi connectivity index (χ2v) is 7.51. The van der Waals surface area contributed by atoms with Gasteiger partial charge in [-0.1, -0.05) is 43.0 Å². The summed E-state index contributed by atoms with van der Waals surface area (Å²) in [7, 11) is 3.24. The summed E-state index contributed by atoms with van der Waals surface area (Å²) in [5.41, 5.74) is 2.74. The van der Waals surface area contributed by atoms with E-state index in [-0.39, 0.29) is 17.3 Å². The van der Waals surface area contributed by atoms with Crippen molar-refractivity contribution in [2.45, 2.75) is 19.5 Å². The van der Waals surface area contributed by atoms with Crippen LogP contribution in [-0.2, 0) is 25.4 Å². The van der Waals surface area contributed by atoms with E-state index >= 15 is 0 Å². The number of benzene rings is 1. The predicted molar refractivity (Wildman–Crippen MR) is 119 cm³/mol. The number of aromatic nitrogens is 3. The van der Waals surface area contributed by atoms with E-state index in [4.69, 9.17) is 4.74 Å². The molecule has 3 aromatic rings. The zero-order valence-electron chi connectivity index (χ0n) is 17.5. The highest BCUT2D eigenvalue weighted by Crippen LogP contribution is 2.36. The van der Waals surface area contributed by atoms with Crippen molar-refractivity contribution in [2.75, 3.05) is 13.2 Å². The highest BCUT2D eigenvalue weighted by atomic mass is 16.5. The Morgan fingerprint density at radius 3 is 2.67 bits per heavy atom. The smallest absolute Gasteiger partial charge is 0.331 e.